The second-order valence-corrected chi connectivity index (χ2v) is 34.2. The number of likely N-dealkylation sites (N-methyl/N-ethyl adjacent to an activating group) is 7. The maximum Gasteiger partial charge on any atom is 0.397 e. The summed E-state index contributed by atoms with van der Waals surface area (Å²) >= 11 is 0. The zero-order chi connectivity index (χ0) is 82.3. The molecule has 25 nitrogen and oxygen atoms in total. The molecule has 12 amide bonds. The van der Waals surface area contributed by atoms with Crippen LogP contribution in [0.2, 0.25) is 0 Å². The highest BCUT2D eigenvalue weighted by atomic mass is 19.4. The van der Waals surface area contributed by atoms with Gasteiger partial charge in [0.05, 0.1) is 31.5 Å². The SMILES string of the molecule is CCO[C@@H]1C[C@H]2C(=O)NC3(CC(C)(C)C3)C(=O)N(C)[C@@H](C3CCCC3)C(=O)N(C)[C@H](C(=O)N(C)C)CC(=O)N(C)[C@@H](CC3CCC3)C(=O)N[C@@H]([C@@H](C)CC)C(=O)N(C)CC(=O)N(C)[C@H]3C/C=C\CCN(C3=O)[C@@H](CC3CCC(C(F)(F)F)CC3)C(=O)N(C)CC(=O)N[C@@H](CCC3CC(F)C(C(F)(F)F)C(F)C3)C(=O)N2C1. The fourth-order valence-electron chi connectivity index (χ4n) is 18.6. The monoisotopic (exact) mass is 1580 g/mol. The van der Waals surface area contributed by atoms with Crippen LogP contribution < -0.4 is 16.0 Å². The van der Waals surface area contributed by atoms with Crippen LogP contribution in [0.3, 0.4) is 0 Å². The molecule has 0 aromatic heterocycles. The van der Waals surface area contributed by atoms with Gasteiger partial charge in [0.1, 0.15) is 72.1 Å². The van der Waals surface area contributed by atoms with Crippen molar-refractivity contribution >= 4 is 70.9 Å². The van der Waals surface area contributed by atoms with Gasteiger partial charge in [0.15, 0.2) is 0 Å². The van der Waals surface area contributed by atoms with Gasteiger partial charge in [-0.15, -0.1) is 0 Å². The van der Waals surface area contributed by atoms with Gasteiger partial charge in [0.25, 0.3) is 0 Å². The minimum Gasteiger partial charge on any atom is -0.377 e. The summed E-state index contributed by atoms with van der Waals surface area (Å²) in [7, 11) is 11.0. The lowest BCUT2D eigenvalue weighted by Gasteiger charge is -2.54. The number of amides is 12. The lowest BCUT2D eigenvalue weighted by Crippen LogP contribution is -2.71. The zero-order valence-corrected chi connectivity index (χ0v) is 66.9. The molecule has 7 fully saturated rings. The van der Waals surface area contributed by atoms with Gasteiger partial charge in [-0.1, -0.05) is 78.4 Å². The fraction of sp³-hybridized carbons (Fsp3) is 0.821. The van der Waals surface area contributed by atoms with E-state index in [0.717, 1.165) is 43.8 Å². The van der Waals surface area contributed by atoms with Gasteiger partial charge in [0, 0.05) is 82.5 Å². The van der Waals surface area contributed by atoms with E-state index >= 15 is 47.1 Å². The second kappa shape index (κ2) is 37.4. The number of carbonyl (C=O) groups excluding carboxylic acids is 12. The third kappa shape index (κ3) is 21.4. The van der Waals surface area contributed by atoms with E-state index in [1.165, 1.54) is 76.0 Å². The standard InChI is InChI=1S/C78H120F8N12O13/c1-14-45(3)64-72(108)92(9)42-62(101)93(10)55-26-17-16-20-33-97(71(55)107)59(37-47-27-30-50(31-28-47)77(81,82)83)70(106)91(8)41-60(99)87-54(32-29-48-34-52(79)63(53(80)35-48)78(84,85)86)68(104)98-40-51(111-15-2)38-57(98)67(103)89-76(43-75(4,5)44-76)74(110)96(13)65(49-24-18-19-25-49)73(109)95(12)58(69(105)90(6)7)39-61(100)94(11)56(66(102)88-64)36-46-22-21-23-46/h16-17,45-59,63-65H,14-15,18-44H2,1-13H3,(H,87,99)(H,88,102)(H,89,103)/b17-16-/t45-,47?,48?,50?,51+,52?,53?,54-,55-,56-,57-,58-,59-,63?,64-,65-/m0/s1. The Morgan fingerprint density at radius 3 is 1.78 bits per heavy atom. The molecule has 8 rings (SSSR count). The van der Waals surface area contributed by atoms with Crippen molar-refractivity contribution in [1.82, 2.24) is 60.0 Å². The molecule has 2 saturated heterocycles. The number of hydrogen-bond donors (Lipinski definition) is 3. The molecule has 2 unspecified atom stereocenters. The highest BCUT2D eigenvalue weighted by Crippen LogP contribution is 2.51. The lowest BCUT2D eigenvalue weighted by molar-refractivity contribution is -0.219. The van der Waals surface area contributed by atoms with Crippen molar-refractivity contribution in [2.45, 2.75) is 273 Å². The van der Waals surface area contributed by atoms with Crippen LogP contribution in [0.15, 0.2) is 12.2 Å². The Morgan fingerprint density at radius 1 is 0.622 bits per heavy atom. The number of fused-ring (bicyclic) bond motifs is 3. The molecule has 5 saturated carbocycles. The first-order chi connectivity index (χ1) is 51.9. The Labute approximate surface area is 647 Å². The second-order valence-electron chi connectivity index (χ2n) is 34.2. The summed E-state index contributed by atoms with van der Waals surface area (Å²) in [6.07, 6.45) is -11.3. The van der Waals surface area contributed by atoms with Crippen LogP contribution in [-0.4, -0.2) is 289 Å². The molecule has 12 atom stereocenters. The Bertz CT molecular complexity index is 3360. The molecule has 1 spiro atoms. The van der Waals surface area contributed by atoms with E-state index in [1.807, 2.05) is 13.8 Å². The maximum atomic E-state index is 15.8. The molecule has 111 heavy (non-hydrogen) atoms. The summed E-state index contributed by atoms with van der Waals surface area (Å²) in [6, 6.07) is -11.4. The Morgan fingerprint density at radius 2 is 1.23 bits per heavy atom. The van der Waals surface area contributed by atoms with Crippen LogP contribution in [0.5, 0.6) is 0 Å². The summed E-state index contributed by atoms with van der Waals surface area (Å²) in [5, 5.41) is 8.54. The molecule has 3 N–H and O–H groups in total. The third-order valence-electron chi connectivity index (χ3n) is 25.3. The minimum absolute atomic E-state index is 0.00430. The Kier molecular flexibility index (Phi) is 30.1. The molecule has 0 aromatic rings. The van der Waals surface area contributed by atoms with Crippen molar-refractivity contribution in [3.05, 3.63) is 12.2 Å². The van der Waals surface area contributed by atoms with Crippen molar-refractivity contribution in [1.29, 1.82) is 0 Å². The minimum atomic E-state index is -5.22. The van der Waals surface area contributed by atoms with E-state index in [4.69, 9.17) is 4.74 Å². The van der Waals surface area contributed by atoms with Gasteiger partial charge < -0.3 is 64.8 Å². The van der Waals surface area contributed by atoms with Crippen molar-refractivity contribution in [3.8, 4) is 0 Å². The molecule has 2 bridgehead atoms. The van der Waals surface area contributed by atoms with Crippen molar-refractivity contribution in [3.63, 3.8) is 0 Å². The molecule has 0 aromatic carbocycles. The first-order valence-electron chi connectivity index (χ1n) is 39.9. The van der Waals surface area contributed by atoms with Crippen LogP contribution in [-0.2, 0) is 62.3 Å². The number of rotatable bonds is 13. The topological polar surface area (TPSA) is 279 Å². The third-order valence-corrected chi connectivity index (χ3v) is 25.3. The van der Waals surface area contributed by atoms with E-state index in [1.54, 1.807) is 32.9 Å². The lowest BCUT2D eigenvalue weighted by atomic mass is 9.58. The van der Waals surface area contributed by atoms with Crippen LogP contribution >= 0.6 is 0 Å². The average Bonchev–Trinajstić information content (AvgIpc) is 1.35. The van der Waals surface area contributed by atoms with Gasteiger partial charge in [-0.2, -0.15) is 26.3 Å². The number of carbonyl (C=O) groups is 12. The van der Waals surface area contributed by atoms with Gasteiger partial charge in [-0.25, -0.2) is 8.78 Å². The Hall–Kier alpha value is -7.22. The summed E-state index contributed by atoms with van der Waals surface area (Å²) < 4.78 is 122. The van der Waals surface area contributed by atoms with E-state index in [2.05, 4.69) is 16.0 Å². The maximum absolute atomic E-state index is 15.8. The quantitative estimate of drug-likeness (QED) is 0.122. The van der Waals surface area contributed by atoms with Crippen molar-refractivity contribution < 1.29 is 97.4 Å². The molecule has 3 aliphatic heterocycles. The first-order valence-corrected chi connectivity index (χ1v) is 39.9. The molecule has 626 valence electrons. The summed E-state index contributed by atoms with van der Waals surface area (Å²) in [4.78, 5) is 193. The molecular weight excluding hydrogens is 1460 g/mol. The molecule has 33 heteroatoms. The van der Waals surface area contributed by atoms with Crippen LogP contribution in [0.1, 0.15) is 189 Å². The number of alkyl halides is 8. The van der Waals surface area contributed by atoms with E-state index in [0.29, 0.717) is 32.1 Å². The van der Waals surface area contributed by atoms with E-state index < -0.39 is 235 Å². The predicted molar refractivity (Wildman–Crippen MR) is 393 cm³/mol. The Balaban J connectivity index is 1.22. The van der Waals surface area contributed by atoms with Crippen molar-refractivity contribution in [2.24, 2.45) is 46.8 Å². The van der Waals surface area contributed by atoms with Crippen LogP contribution in [0.25, 0.3) is 0 Å². The average molecular weight is 1590 g/mol. The van der Waals surface area contributed by atoms with Crippen LogP contribution in [0, 0.1) is 46.8 Å². The molecule has 0 radical (unpaired) electrons. The van der Waals surface area contributed by atoms with Gasteiger partial charge in [-0.3, -0.25) is 57.5 Å². The number of halogens is 8. The van der Waals surface area contributed by atoms with Gasteiger partial charge in [-0.05, 0) is 145 Å². The number of nitrogens with one attached hydrogen (secondary N) is 3. The molecular formula is C78H120F8N12O13. The number of nitrogens with zero attached hydrogens (tertiary/aromatic N) is 9. The number of ether oxygens (including phenoxy) is 1. The summed E-state index contributed by atoms with van der Waals surface area (Å²) in [5.41, 5.74) is -2.36. The van der Waals surface area contributed by atoms with Crippen LogP contribution in [0.4, 0.5) is 35.1 Å². The van der Waals surface area contributed by atoms with E-state index in [9.17, 15) is 45.5 Å². The largest absolute Gasteiger partial charge is 0.397 e. The summed E-state index contributed by atoms with van der Waals surface area (Å²) in [6.45, 7) is 7.00. The van der Waals surface area contributed by atoms with Gasteiger partial charge in [0.2, 0.25) is 70.9 Å². The smallest absolute Gasteiger partial charge is 0.377 e. The molecule has 3 heterocycles. The first kappa shape index (κ1) is 89.3. The predicted octanol–water partition coefficient (Wildman–Crippen LogP) is 7.13. The summed E-state index contributed by atoms with van der Waals surface area (Å²) in [5.74, 6) is -16.7. The molecule has 8 aliphatic rings. The van der Waals surface area contributed by atoms with E-state index in [-0.39, 0.29) is 103 Å². The fourth-order valence-corrected chi connectivity index (χ4v) is 18.6. The van der Waals surface area contributed by atoms with Gasteiger partial charge >= 0.3 is 12.4 Å². The molecule has 5 aliphatic carbocycles. The number of hydrogen-bond acceptors (Lipinski definition) is 13. The van der Waals surface area contributed by atoms with Crippen molar-refractivity contribution in [2.75, 3.05) is 89.2 Å². The highest BCUT2D eigenvalue weighted by Gasteiger charge is 2.60. The normalized spacial score (nSPS) is 32.7. The zero-order valence-electron chi connectivity index (χ0n) is 66.9. The highest BCUT2D eigenvalue weighted by molar-refractivity contribution is 6.01.